The van der Waals surface area contributed by atoms with E-state index < -0.39 is 29.8 Å². The van der Waals surface area contributed by atoms with Gasteiger partial charge in [0, 0.05) is 0 Å². The van der Waals surface area contributed by atoms with Gasteiger partial charge in [-0.15, -0.1) is 0 Å². The molecule has 0 saturated heterocycles. The smallest absolute Gasteiger partial charge is 0.328 e. The van der Waals surface area contributed by atoms with Gasteiger partial charge in [0.2, 0.25) is 0 Å². The van der Waals surface area contributed by atoms with Crippen LogP contribution in [-0.2, 0) is 4.79 Å². The highest BCUT2D eigenvalue weighted by Gasteiger charge is 2.26. The van der Waals surface area contributed by atoms with Crippen LogP contribution in [0.1, 0.15) is 17.3 Å². The summed E-state index contributed by atoms with van der Waals surface area (Å²) in [5.41, 5.74) is -0.0648. The molecule has 1 aromatic carbocycles. The molecule has 0 heterocycles. The van der Waals surface area contributed by atoms with Crippen LogP contribution in [0, 0.1) is 5.82 Å². The average molecular weight is 276 g/mol. The van der Waals surface area contributed by atoms with Crippen LogP contribution in [0.5, 0.6) is 0 Å². The first-order valence-corrected chi connectivity index (χ1v) is 5.37. The van der Waals surface area contributed by atoms with Crippen molar-refractivity contribution >= 4 is 23.5 Å². The number of carbonyl (C=O) groups excluding carboxylic acids is 1. The Kier molecular flexibility index (Phi) is 4.63. The first kappa shape index (κ1) is 14.4. The highest BCUT2D eigenvalue weighted by molar-refractivity contribution is 6.33. The molecule has 98 valence electrons. The molecule has 2 atom stereocenters. The largest absolute Gasteiger partial charge is 0.480 e. The summed E-state index contributed by atoms with van der Waals surface area (Å²) in [6.45, 7) is 1.23. The molecule has 0 aliphatic rings. The van der Waals surface area contributed by atoms with Crippen LogP contribution in [0.15, 0.2) is 18.2 Å². The lowest BCUT2D eigenvalue weighted by atomic mass is 10.1. The van der Waals surface area contributed by atoms with Gasteiger partial charge in [0.1, 0.15) is 5.82 Å². The molecular formula is C11H11ClFNO4. The molecule has 0 unspecified atom stereocenters. The summed E-state index contributed by atoms with van der Waals surface area (Å²) in [5, 5.41) is 19.9. The van der Waals surface area contributed by atoms with E-state index in [0.717, 1.165) is 18.2 Å². The minimum Gasteiger partial charge on any atom is -0.480 e. The predicted octanol–water partition coefficient (Wildman–Crippen LogP) is 1.04. The fraction of sp³-hybridized carbons (Fsp3) is 0.273. The van der Waals surface area contributed by atoms with Gasteiger partial charge in [0.15, 0.2) is 6.04 Å². The zero-order chi connectivity index (χ0) is 13.9. The van der Waals surface area contributed by atoms with Crippen molar-refractivity contribution in [2.24, 2.45) is 0 Å². The van der Waals surface area contributed by atoms with E-state index in [2.05, 4.69) is 5.32 Å². The van der Waals surface area contributed by atoms with E-state index in [1.807, 2.05) is 0 Å². The molecule has 18 heavy (non-hydrogen) atoms. The van der Waals surface area contributed by atoms with Crippen molar-refractivity contribution in [2.75, 3.05) is 0 Å². The maximum absolute atomic E-state index is 12.8. The standard InChI is InChI=1S/C11H11ClFNO4/c1-5(15)9(11(17)18)14-10(16)7-3-2-6(13)4-8(7)12/h2-5,9,15H,1H3,(H,14,16)(H,17,18)/t5-,9+/m1/s1. The highest BCUT2D eigenvalue weighted by Crippen LogP contribution is 2.17. The van der Waals surface area contributed by atoms with Gasteiger partial charge in [-0.3, -0.25) is 4.79 Å². The highest BCUT2D eigenvalue weighted by atomic mass is 35.5. The summed E-state index contributed by atoms with van der Waals surface area (Å²) in [5.74, 6) is -2.79. The van der Waals surface area contributed by atoms with Gasteiger partial charge >= 0.3 is 5.97 Å². The Morgan fingerprint density at radius 1 is 1.44 bits per heavy atom. The minimum absolute atomic E-state index is 0.0648. The number of aliphatic hydroxyl groups is 1. The number of benzene rings is 1. The molecule has 3 N–H and O–H groups in total. The van der Waals surface area contributed by atoms with Crippen LogP contribution in [0.3, 0.4) is 0 Å². The van der Waals surface area contributed by atoms with Gasteiger partial charge in [-0.1, -0.05) is 11.6 Å². The Morgan fingerprint density at radius 2 is 2.06 bits per heavy atom. The van der Waals surface area contributed by atoms with Gasteiger partial charge in [-0.05, 0) is 25.1 Å². The number of aliphatic hydroxyl groups excluding tert-OH is 1. The van der Waals surface area contributed by atoms with Crippen LogP contribution in [0.2, 0.25) is 5.02 Å². The number of halogens is 2. The maximum Gasteiger partial charge on any atom is 0.328 e. The Hall–Kier alpha value is -1.66. The number of hydrogen-bond acceptors (Lipinski definition) is 3. The van der Waals surface area contributed by atoms with E-state index in [1.54, 1.807) is 0 Å². The van der Waals surface area contributed by atoms with Gasteiger partial charge in [0.05, 0.1) is 16.7 Å². The topological polar surface area (TPSA) is 86.6 Å². The van der Waals surface area contributed by atoms with Crippen molar-refractivity contribution in [1.82, 2.24) is 5.32 Å². The maximum atomic E-state index is 12.8. The second kappa shape index (κ2) is 5.79. The first-order valence-electron chi connectivity index (χ1n) is 4.99. The molecule has 0 aromatic heterocycles. The van der Waals surface area contributed by atoms with E-state index in [1.165, 1.54) is 6.92 Å². The molecule has 1 rings (SSSR count). The Morgan fingerprint density at radius 3 is 2.50 bits per heavy atom. The number of carboxylic acids is 1. The first-order chi connectivity index (χ1) is 8.32. The van der Waals surface area contributed by atoms with Crippen molar-refractivity contribution in [2.45, 2.75) is 19.1 Å². The quantitative estimate of drug-likeness (QED) is 0.766. The zero-order valence-electron chi connectivity index (χ0n) is 9.35. The second-order valence-corrected chi connectivity index (χ2v) is 4.06. The fourth-order valence-corrected chi connectivity index (χ4v) is 1.53. The predicted molar refractivity (Wildman–Crippen MR) is 62.0 cm³/mol. The fourth-order valence-electron chi connectivity index (χ4n) is 1.28. The molecular weight excluding hydrogens is 265 g/mol. The van der Waals surface area contributed by atoms with E-state index >= 15 is 0 Å². The number of nitrogens with one attached hydrogen (secondary N) is 1. The number of amides is 1. The molecule has 0 aliphatic heterocycles. The lowest BCUT2D eigenvalue weighted by Gasteiger charge is -2.17. The number of carbonyl (C=O) groups is 2. The molecule has 7 heteroatoms. The third-order valence-electron chi connectivity index (χ3n) is 2.21. The lowest BCUT2D eigenvalue weighted by molar-refractivity contribution is -0.141. The summed E-state index contributed by atoms with van der Waals surface area (Å²) >= 11 is 5.66. The molecule has 0 saturated carbocycles. The normalized spacial score (nSPS) is 13.8. The Balaban J connectivity index is 2.91. The Bertz CT molecular complexity index is 478. The minimum atomic E-state index is -1.46. The molecule has 1 aromatic rings. The monoisotopic (exact) mass is 275 g/mol. The van der Waals surface area contributed by atoms with Crippen molar-refractivity contribution in [1.29, 1.82) is 0 Å². The summed E-state index contributed by atoms with van der Waals surface area (Å²) in [7, 11) is 0. The summed E-state index contributed by atoms with van der Waals surface area (Å²) < 4.78 is 12.8. The van der Waals surface area contributed by atoms with Crippen molar-refractivity contribution in [3.63, 3.8) is 0 Å². The summed E-state index contributed by atoms with van der Waals surface area (Å²) in [4.78, 5) is 22.5. The van der Waals surface area contributed by atoms with Gasteiger partial charge < -0.3 is 15.5 Å². The van der Waals surface area contributed by atoms with Crippen LogP contribution in [0.25, 0.3) is 0 Å². The third-order valence-corrected chi connectivity index (χ3v) is 2.52. The molecule has 0 radical (unpaired) electrons. The van der Waals surface area contributed by atoms with Crippen LogP contribution >= 0.6 is 11.6 Å². The van der Waals surface area contributed by atoms with Crippen molar-refractivity contribution in [3.05, 3.63) is 34.6 Å². The number of hydrogen-bond donors (Lipinski definition) is 3. The van der Waals surface area contributed by atoms with E-state index in [-0.39, 0.29) is 10.6 Å². The third kappa shape index (κ3) is 3.41. The van der Waals surface area contributed by atoms with Gasteiger partial charge in [-0.2, -0.15) is 0 Å². The van der Waals surface area contributed by atoms with Crippen molar-refractivity contribution < 1.29 is 24.2 Å². The van der Waals surface area contributed by atoms with Gasteiger partial charge in [0.25, 0.3) is 5.91 Å². The number of rotatable bonds is 4. The lowest BCUT2D eigenvalue weighted by Crippen LogP contribution is -2.47. The van der Waals surface area contributed by atoms with Crippen LogP contribution in [0.4, 0.5) is 4.39 Å². The summed E-state index contributed by atoms with van der Waals surface area (Å²) in [6, 6.07) is 1.64. The van der Waals surface area contributed by atoms with Crippen LogP contribution in [-0.4, -0.2) is 34.2 Å². The summed E-state index contributed by atoms with van der Waals surface area (Å²) in [6.07, 6.45) is -1.27. The average Bonchev–Trinajstić information content (AvgIpc) is 2.24. The SMILES string of the molecule is C[C@@H](O)[C@H](NC(=O)c1ccc(F)cc1Cl)C(=O)O. The second-order valence-electron chi connectivity index (χ2n) is 3.65. The van der Waals surface area contributed by atoms with Crippen molar-refractivity contribution in [3.8, 4) is 0 Å². The molecule has 0 aliphatic carbocycles. The molecule has 0 fully saturated rings. The zero-order valence-corrected chi connectivity index (χ0v) is 10.1. The van der Waals surface area contributed by atoms with E-state index in [9.17, 15) is 19.1 Å². The molecule has 1 amide bonds. The molecule has 5 nitrogen and oxygen atoms in total. The Labute approximate surface area is 107 Å². The number of carboxylic acid groups (broad SMARTS) is 1. The van der Waals surface area contributed by atoms with E-state index in [0.29, 0.717) is 0 Å². The number of aliphatic carboxylic acids is 1. The van der Waals surface area contributed by atoms with Gasteiger partial charge in [-0.25, -0.2) is 9.18 Å². The molecule has 0 bridgehead atoms. The van der Waals surface area contributed by atoms with Crippen LogP contribution < -0.4 is 5.32 Å². The molecule has 0 spiro atoms. The van der Waals surface area contributed by atoms with E-state index in [4.69, 9.17) is 16.7 Å².